The summed E-state index contributed by atoms with van der Waals surface area (Å²) in [5.74, 6) is 1.04. The summed E-state index contributed by atoms with van der Waals surface area (Å²) < 4.78 is 0.735. The number of H-pyrrole nitrogens is 1. The molecule has 0 aromatic carbocycles. The average Bonchev–Trinajstić information content (AvgIpc) is 3.03. The minimum atomic E-state index is -0.0458. The molecule has 18 heavy (non-hydrogen) atoms. The lowest BCUT2D eigenvalue weighted by molar-refractivity contribution is 0.687. The van der Waals surface area contributed by atoms with Gasteiger partial charge < -0.3 is 4.98 Å². The van der Waals surface area contributed by atoms with Gasteiger partial charge in [-0.2, -0.15) is 0 Å². The maximum atomic E-state index is 12.0. The molecule has 94 valence electrons. The highest BCUT2D eigenvalue weighted by Gasteiger charge is 2.23. The van der Waals surface area contributed by atoms with Crippen molar-refractivity contribution in [1.29, 1.82) is 0 Å². The van der Waals surface area contributed by atoms with E-state index < -0.39 is 0 Å². The van der Waals surface area contributed by atoms with Crippen LogP contribution in [0, 0.1) is 3.57 Å². The van der Waals surface area contributed by atoms with Crippen LogP contribution < -0.4 is 5.56 Å². The van der Waals surface area contributed by atoms with E-state index in [2.05, 4.69) is 37.5 Å². The highest BCUT2D eigenvalue weighted by molar-refractivity contribution is 14.1. The van der Waals surface area contributed by atoms with E-state index in [-0.39, 0.29) is 5.56 Å². The molecule has 2 aromatic rings. The summed E-state index contributed by atoms with van der Waals surface area (Å²) >= 11 is 3.61. The number of thiazole rings is 1. The molecule has 3 rings (SSSR count). The number of nitrogens with zero attached hydrogens (tertiary/aromatic N) is 2. The van der Waals surface area contributed by atoms with Crippen LogP contribution in [-0.2, 0) is 0 Å². The zero-order chi connectivity index (χ0) is 12.5. The van der Waals surface area contributed by atoms with E-state index in [4.69, 9.17) is 0 Å². The van der Waals surface area contributed by atoms with Crippen molar-refractivity contribution in [3.8, 4) is 11.5 Å². The minimum absolute atomic E-state index is 0.0458. The van der Waals surface area contributed by atoms with Crippen molar-refractivity contribution < 1.29 is 0 Å². The Morgan fingerprint density at radius 1 is 1.39 bits per heavy atom. The van der Waals surface area contributed by atoms with E-state index in [1.807, 2.05) is 5.38 Å². The molecular weight excluding hydrogens is 361 g/mol. The molecule has 2 aromatic heterocycles. The Bertz CT molecular complexity index is 602. The second-order valence-electron chi connectivity index (χ2n) is 4.47. The second-order valence-corrected chi connectivity index (χ2v) is 6.27. The van der Waals surface area contributed by atoms with Gasteiger partial charge in [0.05, 0.1) is 11.2 Å². The van der Waals surface area contributed by atoms with Crippen LogP contribution in [0.5, 0.6) is 0 Å². The lowest BCUT2D eigenvalue weighted by atomic mass is 10.0. The molecule has 0 aliphatic heterocycles. The number of hydrogen-bond donors (Lipinski definition) is 1. The molecule has 1 saturated carbocycles. The fourth-order valence-electron chi connectivity index (χ4n) is 2.40. The molecule has 1 fully saturated rings. The molecule has 0 unspecified atom stereocenters. The summed E-state index contributed by atoms with van der Waals surface area (Å²) in [6, 6.07) is 0. The van der Waals surface area contributed by atoms with E-state index in [1.54, 1.807) is 5.51 Å². The van der Waals surface area contributed by atoms with Gasteiger partial charge in [0, 0.05) is 11.3 Å². The third kappa shape index (κ3) is 2.23. The van der Waals surface area contributed by atoms with Crippen molar-refractivity contribution in [2.24, 2.45) is 0 Å². The van der Waals surface area contributed by atoms with Gasteiger partial charge in [0.1, 0.15) is 9.26 Å². The first-order chi connectivity index (χ1) is 8.75. The number of halogens is 1. The normalized spacial score (nSPS) is 16.3. The van der Waals surface area contributed by atoms with E-state index in [0.717, 1.165) is 27.8 Å². The number of nitrogens with one attached hydrogen (secondary N) is 1. The number of aromatic amines is 1. The molecule has 4 nitrogen and oxygen atoms in total. The first-order valence-electron chi connectivity index (χ1n) is 5.94. The van der Waals surface area contributed by atoms with Gasteiger partial charge in [-0.25, -0.2) is 9.97 Å². The van der Waals surface area contributed by atoms with Gasteiger partial charge >= 0.3 is 0 Å². The van der Waals surface area contributed by atoms with E-state index in [1.165, 1.54) is 24.2 Å². The lowest BCUT2D eigenvalue weighted by Gasteiger charge is -2.11. The van der Waals surface area contributed by atoms with E-state index in [0.29, 0.717) is 11.7 Å². The molecule has 0 atom stereocenters. The van der Waals surface area contributed by atoms with E-state index in [9.17, 15) is 4.79 Å². The smallest absolute Gasteiger partial charge is 0.264 e. The van der Waals surface area contributed by atoms with Crippen molar-refractivity contribution >= 4 is 33.9 Å². The third-order valence-electron chi connectivity index (χ3n) is 3.31. The van der Waals surface area contributed by atoms with E-state index >= 15 is 0 Å². The molecule has 0 bridgehead atoms. The fraction of sp³-hybridized carbons (Fsp3) is 0.417. The molecule has 2 heterocycles. The highest BCUT2D eigenvalue weighted by Crippen LogP contribution is 2.34. The maximum Gasteiger partial charge on any atom is 0.264 e. The first kappa shape index (κ1) is 12.3. The van der Waals surface area contributed by atoms with Crippen molar-refractivity contribution in [3.05, 3.63) is 30.5 Å². The average molecular weight is 373 g/mol. The predicted molar refractivity (Wildman–Crippen MR) is 79.9 cm³/mol. The quantitative estimate of drug-likeness (QED) is 0.823. The van der Waals surface area contributed by atoms with Gasteiger partial charge in [-0.1, -0.05) is 12.8 Å². The summed E-state index contributed by atoms with van der Waals surface area (Å²) in [6.45, 7) is 0. The Hall–Kier alpha value is -0.760. The summed E-state index contributed by atoms with van der Waals surface area (Å²) in [5, 5.41) is 1.91. The topological polar surface area (TPSA) is 58.6 Å². The molecule has 0 saturated heterocycles. The monoisotopic (exact) mass is 373 g/mol. The molecule has 1 aliphatic rings. The minimum Gasteiger partial charge on any atom is -0.304 e. The lowest BCUT2D eigenvalue weighted by Crippen LogP contribution is -2.18. The molecule has 1 N–H and O–H groups in total. The van der Waals surface area contributed by atoms with Crippen LogP contribution in [0.4, 0.5) is 0 Å². The standard InChI is InChI=1S/C12H12IN3OS/c13-9-10(7-3-1-2-4-7)15-11(16-12(9)17)8-5-18-6-14-8/h5-7H,1-4H2,(H,15,16,17). The second kappa shape index (κ2) is 5.08. The van der Waals surface area contributed by atoms with Crippen molar-refractivity contribution in [3.63, 3.8) is 0 Å². The Morgan fingerprint density at radius 3 is 2.83 bits per heavy atom. The Kier molecular flexibility index (Phi) is 3.47. The first-order valence-corrected chi connectivity index (χ1v) is 7.96. The molecule has 6 heteroatoms. The molecule has 0 radical (unpaired) electrons. The Balaban J connectivity index is 2.10. The largest absolute Gasteiger partial charge is 0.304 e. The SMILES string of the molecule is O=c1[nH]c(-c2cscn2)nc(C2CCCC2)c1I. The van der Waals surface area contributed by atoms with Gasteiger partial charge in [0.25, 0.3) is 5.56 Å². The van der Waals surface area contributed by atoms with Gasteiger partial charge in [-0.15, -0.1) is 11.3 Å². The van der Waals surface area contributed by atoms with Gasteiger partial charge in [0.15, 0.2) is 5.82 Å². The number of rotatable bonds is 2. The third-order valence-corrected chi connectivity index (χ3v) is 4.93. The van der Waals surface area contributed by atoms with Crippen LogP contribution in [0.3, 0.4) is 0 Å². The van der Waals surface area contributed by atoms with Gasteiger partial charge in [-0.3, -0.25) is 4.79 Å². The van der Waals surface area contributed by atoms with Crippen molar-refractivity contribution in [2.45, 2.75) is 31.6 Å². The Labute approximate surface area is 122 Å². The fourth-order valence-corrected chi connectivity index (χ4v) is 3.63. The van der Waals surface area contributed by atoms with Crippen LogP contribution >= 0.6 is 33.9 Å². The molecule has 0 amide bonds. The number of aromatic nitrogens is 3. The van der Waals surface area contributed by atoms with Crippen LogP contribution in [0.1, 0.15) is 37.3 Å². The molecule has 0 spiro atoms. The van der Waals surface area contributed by atoms with Crippen LogP contribution in [0.25, 0.3) is 11.5 Å². The molecule has 1 aliphatic carbocycles. The van der Waals surface area contributed by atoms with Crippen molar-refractivity contribution in [2.75, 3.05) is 0 Å². The highest BCUT2D eigenvalue weighted by atomic mass is 127. The summed E-state index contributed by atoms with van der Waals surface area (Å²) in [7, 11) is 0. The van der Waals surface area contributed by atoms with Crippen LogP contribution in [-0.4, -0.2) is 15.0 Å². The van der Waals surface area contributed by atoms with Crippen molar-refractivity contribution in [1.82, 2.24) is 15.0 Å². The summed E-state index contributed by atoms with van der Waals surface area (Å²) in [4.78, 5) is 23.6. The van der Waals surface area contributed by atoms with Crippen LogP contribution in [0.2, 0.25) is 0 Å². The zero-order valence-corrected chi connectivity index (χ0v) is 12.6. The molecular formula is C12H12IN3OS. The van der Waals surface area contributed by atoms with Gasteiger partial charge in [-0.05, 0) is 35.4 Å². The van der Waals surface area contributed by atoms with Gasteiger partial charge in [0.2, 0.25) is 0 Å². The van der Waals surface area contributed by atoms with Crippen LogP contribution in [0.15, 0.2) is 15.7 Å². The maximum absolute atomic E-state index is 12.0. The zero-order valence-electron chi connectivity index (χ0n) is 9.65. The summed E-state index contributed by atoms with van der Waals surface area (Å²) in [5.41, 5.74) is 3.42. The summed E-state index contributed by atoms with van der Waals surface area (Å²) in [6.07, 6.45) is 4.76. The Morgan fingerprint density at radius 2 is 2.17 bits per heavy atom. The number of hydrogen-bond acceptors (Lipinski definition) is 4. The predicted octanol–water partition coefficient (Wildman–Crippen LogP) is 3.16.